The van der Waals surface area contributed by atoms with Gasteiger partial charge >= 0.3 is 0 Å². The molecule has 0 fully saturated rings. The van der Waals surface area contributed by atoms with Crippen LogP contribution in [0.1, 0.15) is 18.2 Å². The molecule has 0 saturated carbocycles. The minimum absolute atomic E-state index is 0.165. The molecular formula is C16H16N4O2S3. The number of amides is 1. The van der Waals surface area contributed by atoms with E-state index in [1.165, 1.54) is 23.1 Å². The van der Waals surface area contributed by atoms with Crippen molar-refractivity contribution in [1.82, 2.24) is 14.9 Å². The van der Waals surface area contributed by atoms with Crippen LogP contribution < -0.4 is 5.32 Å². The van der Waals surface area contributed by atoms with Gasteiger partial charge in [-0.15, -0.1) is 5.10 Å². The molecule has 0 aliphatic carbocycles. The van der Waals surface area contributed by atoms with Crippen LogP contribution in [-0.4, -0.2) is 26.1 Å². The lowest BCUT2D eigenvalue weighted by molar-refractivity contribution is -0.115. The highest BCUT2D eigenvalue weighted by atomic mass is 32.2. The maximum absolute atomic E-state index is 12.3. The molecule has 0 saturated heterocycles. The Kier molecular flexibility index (Phi) is 5.36. The van der Waals surface area contributed by atoms with E-state index in [1.54, 1.807) is 17.7 Å². The molecule has 0 aliphatic rings. The lowest BCUT2D eigenvalue weighted by Crippen LogP contribution is -2.22. The first-order valence-corrected chi connectivity index (χ1v) is 9.61. The Morgan fingerprint density at radius 1 is 1.40 bits per heavy atom. The average molecular weight is 393 g/mol. The van der Waals surface area contributed by atoms with Crippen LogP contribution in [0, 0.1) is 17.8 Å². The first-order chi connectivity index (χ1) is 11.9. The molecule has 1 aromatic carbocycles. The lowest BCUT2D eigenvalue weighted by atomic mass is 10.2. The predicted octanol–water partition coefficient (Wildman–Crippen LogP) is 4.39. The maximum atomic E-state index is 12.3. The zero-order chi connectivity index (χ0) is 18.0. The van der Waals surface area contributed by atoms with Gasteiger partial charge in [0.05, 0.1) is 10.9 Å². The topological polar surface area (TPSA) is 73.0 Å². The fourth-order valence-corrected chi connectivity index (χ4v) is 4.61. The molecule has 130 valence electrons. The highest BCUT2D eigenvalue weighted by Gasteiger charge is 2.19. The summed E-state index contributed by atoms with van der Waals surface area (Å²) in [4.78, 5) is 12.3. The molecule has 0 spiro atoms. The van der Waals surface area contributed by atoms with Crippen molar-refractivity contribution < 1.29 is 9.32 Å². The molecule has 0 radical (unpaired) electrons. The summed E-state index contributed by atoms with van der Waals surface area (Å²) in [7, 11) is 0. The number of nitrogens with zero attached hydrogens (tertiary/aromatic N) is 3. The quantitative estimate of drug-likeness (QED) is 0.513. The average Bonchev–Trinajstić information content (AvgIpc) is 3.13. The van der Waals surface area contributed by atoms with Crippen LogP contribution in [0.15, 0.2) is 39.2 Å². The van der Waals surface area contributed by atoms with E-state index in [-0.39, 0.29) is 11.2 Å². The Bertz CT molecular complexity index is 960. The van der Waals surface area contributed by atoms with Gasteiger partial charge < -0.3 is 9.84 Å². The molecule has 6 nitrogen and oxygen atoms in total. The van der Waals surface area contributed by atoms with Gasteiger partial charge in [-0.2, -0.15) is 0 Å². The fourth-order valence-electron chi connectivity index (χ4n) is 2.12. The van der Waals surface area contributed by atoms with E-state index in [4.69, 9.17) is 16.7 Å². The van der Waals surface area contributed by atoms with Crippen LogP contribution in [0.25, 0.3) is 5.69 Å². The molecule has 9 heteroatoms. The number of para-hydroxylation sites is 1. The lowest BCUT2D eigenvalue weighted by Gasteiger charge is -2.08. The van der Waals surface area contributed by atoms with E-state index in [2.05, 4.69) is 15.6 Å². The minimum Gasteiger partial charge on any atom is -0.360 e. The number of thioether (sulfide) groups is 1. The zero-order valence-electron chi connectivity index (χ0n) is 13.8. The van der Waals surface area contributed by atoms with Crippen molar-refractivity contribution in [2.45, 2.75) is 30.4 Å². The number of rotatable bonds is 5. The molecule has 3 rings (SSSR count). The van der Waals surface area contributed by atoms with E-state index < -0.39 is 0 Å². The van der Waals surface area contributed by atoms with Gasteiger partial charge in [-0.3, -0.25) is 4.79 Å². The highest BCUT2D eigenvalue weighted by molar-refractivity contribution is 8.02. The second kappa shape index (κ2) is 7.51. The second-order valence-corrected chi connectivity index (χ2v) is 8.61. The Morgan fingerprint density at radius 2 is 2.16 bits per heavy atom. The van der Waals surface area contributed by atoms with Gasteiger partial charge in [0.1, 0.15) is 5.76 Å². The summed E-state index contributed by atoms with van der Waals surface area (Å²) >= 11 is 8.18. The molecule has 1 amide bonds. The number of hydrogen-bond acceptors (Lipinski definition) is 7. The monoisotopic (exact) mass is 392 g/mol. The smallest absolute Gasteiger partial charge is 0.238 e. The third-order valence-electron chi connectivity index (χ3n) is 3.40. The number of aromatic nitrogens is 3. The SMILES string of the molecule is Cc1cc(NC(=O)[C@@H](C)Sc2nn(-c3ccccc3C)c(=S)s2)no1. The first kappa shape index (κ1) is 17.8. The summed E-state index contributed by atoms with van der Waals surface area (Å²) in [6.45, 7) is 5.60. The van der Waals surface area contributed by atoms with Gasteiger partial charge in [0.15, 0.2) is 14.1 Å². The molecule has 0 aliphatic heterocycles. The number of nitrogens with one attached hydrogen (secondary N) is 1. The Balaban J connectivity index is 1.73. The van der Waals surface area contributed by atoms with E-state index >= 15 is 0 Å². The van der Waals surface area contributed by atoms with Crippen LogP contribution in [0.5, 0.6) is 0 Å². The van der Waals surface area contributed by atoms with Crippen molar-refractivity contribution in [2.75, 3.05) is 5.32 Å². The van der Waals surface area contributed by atoms with E-state index in [0.717, 1.165) is 15.6 Å². The van der Waals surface area contributed by atoms with E-state index in [9.17, 15) is 4.79 Å². The number of aryl methyl sites for hydroxylation is 2. The number of carbonyl (C=O) groups is 1. The molecular weight excluding hydrogens is 376 g/mol. The fraction of sp³-hybridized carbons (Fsp3) is 0.250. The molecule has 1 atom stereocenters. The first-order valence-electron chi connectivity index (χ1n) is 7.51. The van der Waals surface area contributed by atoms with Gasteiger partial charge in [0.2, 0.25) is 5.91 Å². The summed E-state index contributed by atoms with van der Waals surface area (Å²) in [6.07, 6.45) is 0. The maximum Gasteiger partial charge on any atom is 0.238 e. The normalized spacial score (nSPS) is 12.1. The Labute approximate surface area is 158 Å². The summed E-state index contributed by atoms with van der Waals surface area (Å²) in [6, 6.07) is 9.59. The summed E-state index contributed by atoms with van der Waals surface area (Å²) in [5.74, 6) is 0.889. The summed E-state index contributed by atoms with van der Waals surface area (Å²) < 4.78 is 8.08. The Morgan fingerprint density at radius 3 is 2.84 bits per heavy atom. The largest absolute Gasteiger partial charge is 0.360 e. The van der Waals surface area contributed by atoms with Crippen molar-refractivity contribution >= 4 is 47.0 Å². The Hall–Kier alpha value is -1.97. The number of anilines is 1. The summed E-state index contributed by atoms with van der Waals surface area (Å²) in [5.41, 5.74) is 2.04. The van der Waals surface area contributed by atoms with Crippen LogP contribution >= 0.6 is 35.3 Å². The number of carbonyl (C=O) groups excluding carboxylic acids is 1. The van der Waals surface area contributed by atoms with Crippen molar-refractivity contribution in [3.8, 4) is 5.69 Å². The molecule has 0 unspecified atom stereocenters. The van der Waals surface area contributed by atoms with Crippen LogP contribution in [0.4, 0.5) is 5.82 Å². The van der Waals surface area contributed by atoms with Gasteiger partial charge in [-0.05, 0) is 44.6 Å². The van der Waals surface area contributed by atoms with Crippen LogP contribution in [0.2, 0.25) is 0 Å². The third-order valence-corrected chi connectivity index (χ3v) is 5.82. The standard InChI is InChI=1S/C16H16N4O2S3/c1-9-6-4-5-7-12(9)20-16(23)25-15(18-20)24-11(3)14(21)17-13-8-10(2)22-19-13/h4-8,11H,1-3H3,(H,17,19,21)/t11-/m1/s1. The van der Waals surface area contributed by atoms with Crippen LogP contribution in [0.3, 0.4) is 0 Å². The molecule has 25 heavy (non-hydrogen) atoms. The van der Waals surface area contributed by atoms with Gasteiger partial charge in [-0.1, -0.05) is 46.5 Å². The number of benzene rings is 1. The molecule has 3 aromatic rings. The van der Waals surface area contributed by atoms with E-state index in [1.807, 2.05) is 38.1 Å². The predicted molar refractivity (Wildman–Crippen MR) is 102 cm³/mol. The van der Waals surface area contributed by atoms with Crippen molar-refractivity contribution in [2.24, 2.45) is 0 Å². The molecule has 2 heterocycles. The van der Waals surface area contributed by atoms with Gasteiger partial charge in [0.25, 0.3) is 0 Å². The van der Waals surface area contributed by atoms with Crippen LogP contribution in [-0.2, 0) is 4.79 Å². The number of hydrogen-bond donors (Lipinski definition) is 1. The van der Waals surface area contributed by atoms with E-state index in [0.29, 0.717) is 15.5 Å². The molecule has 2 aromatic heterocycles. The molecule has 1 N–H and O–H groups in total. The highest BCUT2D eigenvalue weighted by Crippen LogP contribution is 2.29. The van der Waals surface area contributed by atoms with Crippen molar-refractivity contribution in [1.29, 1.82) is 0 Å². The minimum atomic E-state index is -0.345. The zero-order valence-corrected chi connectivity index (χ0v) is 16.3. The van der Waals surface area contributed by atoms with Crippen molar-refractivity contribution in [3.05, 3.63) is 45.6 Å². The van der Waals surface area contributed by atoms with Gasteiger partial charge in [0, 0.05) is 6.07 Å². The summed E-state index contributed by atoms with van der Waals surface area (Å²) in [5, 5.41) is 10.7. The van der Waals surface area contributed by atoms with Gasteiger partial charge in [-0.25, -0.2) is 4.68 Å². The third kappa shape index (κ3) is 4.17. The molecule has 0 bridgehead atoms. The van der Waals surface area contributed by atoms with Crippen molar-refractivity contribution in [3.63, 3.8) is 0 Å². The second-order valence-electron chi connectivity index (χ2n) is 5.40.